The average Bonchev–Trinajstić information content (AvgIpc) is 2.75. The van der Waals surface area contributed by atoms with Gasteiger partial charge in [-0.25, -0.2) is 9.37 Å². The van der Waals surface area contributed by atoms with Gasteiger partial charge in [0.05, 0.1) is 6.61 Å². The average molecular weight is 208 g/mol. The zero-order valence-electron chi connectivity index (χ0n) is 8.28. The van der Waals surface area contributed by atoms with Gasteiger partial charge in [-0.2, -0.15) is 0 Å². The van der Waals surface area contributed by atoms with Gasteiger partial charge in [0.2, 0.25) is 0 Å². The third-order valence-corrected chi connectivity index (χ3v) is 2.69. The molecule has 3 nitrogen and oxygen atoms in total. The molecule has 1 aromatic heterocycles. The van der Waals surface area contributed by atoms with Crippen LogP contribution < -0.4 is 0 Å². The van der Waals surface area contributed by atoms with Crippen molar-refractivity contribution in [3.63, 3.8) is 0 Å². The van der Waals surface area contributed by atoms with E-state index in [0.29, 0.717) is 12.8 Å². The minimum atomic E-state index is -0.409. The lowest BCUT2D eigenvalue weighted by Crippen LogP contribution is -2.27. The number of nitrogens with zero attached hydrogens (tertiary/aromatic N) is 1. The Morgan fingerprint density at radius 3 is 3.00 bits per heavy atom. The number of aliphatic hydroxyl groups is 1. The molecule has 0 fully saturated rings. The van der Waals surface area contributed by atoms with E-state index in [9.17, 15) is 9.50 Å². The van der Waals surface area contributed by atoms with Crippen LogP contribution in [0.25, 0.3) is 0 Å². The van der Waals surface area contributed by atoms with Gasteiger partial charge in [-0.05, 0) is 18.6 Å². The van der Waals surface area contributed by atoms with Crippen molar-refractivity contribution in [2.75, 3.05) is 6.61 Å². The number of imidazole rings is 1. The maximum Gasteiger partial charge on any atom is 0.118 e. The van der Waals surface area contributed by atoms with Crippen LogP contribution in [0.5, 0.6) is 0 Å². The molecule has 1 aromatic rings. The van der Waals surface area contributed by atoms with Crippen molar-refractivity contribution < 1.29 is 9.50 Å². The molecule has 1 aliphatic carbocycles. The second kappa shape index (κ2) is 3.98. The zero-order valence-corrected chi connectivity index (χ0v) is 8.28. The fourth-order valence-electron chi connectivity index (χ4n) is 1.73. The number of hydrogen-bond acceptors (Lipinski definition) is 2. The molecule has 80 valence electrons. The Hall–Kier alpha value is -1.42. The van der Waals surface area contributed by atoms with Crippen LogP contribution in [0.4, 0.5) is 4.39 Å². The molecule has 1 atom stereocenters. The Labute approximate surface area is 87.4 Å². The summed E-state index contributed by atoms with van der Waals surface area (Å²) in [6.07, 6.45) is 9.14. The predicted molar refractivity (Wildman–Crippen MR) is 54.8 cm³/mol. The molecule has 1 heterocycles. The monoisotopic (exact) mass is 208 g/mol. The van der Waals surface area contributed by atoms with Crippen molar-refractivity contribution in [3.05, 3.63) is 42.3 Å². The molecular formula is C11H13FN2O. The summed E-state index contributed by atoms with van der Waals surface area (Å²) < 4.78 is 12.8. The quantitative estimate of drug-likeness (QED) is 0.795. The Kier molecular flexibility index (Phi) is 2.68. The van der Waals surface area contributed by atoms with E-state index in [0.717, 1.165) is 5.82 Å². The van der Waals surface area contributed by atoms with Gasteiger partial charge in [0.1, 0.15) is 11.7 Å². The number of nitrogens with one attached hydrogen (secondary N) is 1. The molecule has 4 heteroatoms. The minimum Gasteiger partial charge on any atom is -0.395 e. The summed E-state index contributed by atoms with van der Waals surface area (Å²) in [7, 11) is 0. The molecule has 0 spiro atoms. The lowest BCUT2D eigenvalue weighted by Gasteiger charge is -2.28. The van der Waals surface area contributed by atoms with Gasteiger partial charge in [0.25, 0.3) is 0 Å². The van der Waals surface area contributed by atoms with Crippen molar-refractivity contribution in [3.8, 4) is 0 Å². The van der Waals surface area contributed by atoms with E-state index in [2.05, 4.69) is 9.97 Å². The van der Waals surface area contributed by atoms with Crippen LogP contribution in [0.3, 0.4) is 0 Å². The second-order valence-corrected chi connectivity index (χ2v) is 3.86. The Bertz CT molecular complexity index is 383. The number of aromatic amines is 1. The molecular weight excluding hydrogens is 195 g/mol. The first-order valence-corrected chi connectivity index (χ1v) is 4.88. The van der Waals surface area contributed by atoms with Gasteiger partial charge in [0.15, 0.2) is 0 Å². The van der Waals surface area contributed by atoms with Crippen LogP contribution in [0, 0.1) is 5.41 Å². The van der Waals surface area contributed by atoms with Crippen molar-refractivity contribution >= 4 is 0 Å². The topological polar surface area (TPSA) is 48.9 Å². The molecule has 0 saturated heterocycles. The van der Waals surface area contributed by atoms with E-state index in [-0.39, 0.29) is 12.4 Å². The summed E-state index contributed by atoms with van der Waals surface area (Å²) in [4.78, 5) is 7.09. The van der Waals surface area contributed by atoms with Gasteiger partial charge >= 0.3 is 0 Å². The highest BCUT2D eigenvalue weighted by atomic mass is 19.1. The Morgan fingerprint density at radius 2 is 2.47 bits per heavy atom. The van der Waals surface area contributed by atoms with E-state index in [4.69, 9.17) is 0 Å². The number of H-pyrrole nitrogens is 1. The van der Waals surface area contributed by atoms with E-state index in [1.165, 1.54) is 12.2 Å². The maximum absolute atomic E-state index is 12.8. The summed E-state index contributed by atoms with van der Waals surface area (Å²) in [6, 6.07) is 0. The lowest BCUT2D eigenvalue weighted by atomic mass is 9.79. The van der Waals surface area contributed by atoms with E-state index >= 15 is 0 Å². The molecule has 1 unspecified atom stereocenters. The first kappa shape index (κ1) is 10.1. The van der Waals surface area contributed by atoms with E-state index in [1.54, 1.807) is 18.5 Å². The standard InChI is InChI=1S/C11H13FN2O/c12-9-1-3-11(8-15,4-2-9)7-10-13-5-6-14-10/h1-3,5-6,15H,4,7-8H2,(H,13,14). The highest BCUT2D eigenvalue weighted by Gasteiger charge is 2.29. The van der Waals surface area contributed by atoms with Crippen molar-refractivity contribution in [1.29, 1.82) is 0 Å². The smallest absolute Gasteiger partial charge is 0.118 e. The third-order valence-electron chi connectivity index (χ3n) is 2.69. The van der Waals surface area contributed by atoms with Crippen LogP contribution >= 0.6 is 0 Å². The Morgan fingerprint density at radius 1 is 1.60 bits per heavy atom. The third kappa shape index (κ3) is 2.15. The maximum atomic E-state index is 12.8. The molecule has 2 rings (SSSR count). The molecule has 2 N–H and O–H groups in total. The number of hydrogen-bond donors (Lipinski definition) is 2. The van der Waals surface area contributed by atoms with Crippen LogP contribution in [-0.2, 0) is 6.42 Å². The molecule has 0 amide bonds. The van der Waals surface area contributed by atoms with Gasteiger partial charge in [0, 0.05) is 24.2 Å². The highest BCUT2D eigenvalue weighted by Crippen LogP contribution is 2.32. The van der Waals surface area contributed by atoms with Gasteiger partial charge in [-0.1, -0.05) is 6.08 Å². The van der Waals surface area contributed by atoms with E-state index in [1.807, 2.05) is 0 Å². The van der Waals surface area contributed by atoms with Crippen LogP contribution in [0.15, 0.2) is 36.4 Å². The van der Waals surface area contributed by atoms with Crippen molar-refractivity contribution in [2.24, 2.45) is 5.41 Å². The number of allylic oxidation sites excluding steroid dienone is 3. The lowest BCUT2D eigenvalue weighted by molar-refractivity contribution is 0.166. The van der Waals surface area contributed by atoms with Crippen LogP contribution in [0.1, 0.15) is 12.2 Å². The summed E-state index contributed by atoms with van der Waals surface area (Å²) >= 11 is 0. The largest absolute Gasteiger partial charge is 0.395 e. The number of aliphatic hydroxyl groups excluding tert-OH is 1. The second-order valence-electron chi connectivity index (χ2n) is 3.86. The zero-order chi connectivity index (χ0) is 10.7. The van der Waals surface area contributed by atoms with Crippen molar-refractivity contribution in [1.82, 2.24) is 9.97 Å². The normalized spacial score (nSPS) is 25.3. The van der Waals surface area contributed by atoms with Crippen molar-refractivity contribution in [2.45, 2.75) is 12.8 Å². The number of aromatic nitrogens is 2. The molecule has 0 saturated carbocycles. The molecule has 0 radical (unpaired) electrons. The van der Waals surface area contributed by atoms with Crippen LogP contribution in [0.2, 0.25) is 0 Å². The van der Waals surface area contributed by atoms with Gasteiger partial charge in [-0.15, -0.1) is 0 Å². The fourth-order valence-corrected chi connectivity index (χ4v) is 1.73. The van der Waals surface area contributed by atoms with E-state index < -0.39 is 5.41 Å². The first-order chi connectivity index (χ1) is 7.24. The first-order valence-electron chi connectivity index (χ1n) is 4.88. The fraction of sp³-hybridized carbons (Fsp3) is 0.364. The molecule has 1 aliphatic rings. The molecule has 0 bridgehead atoms. The molecule has 15 heavy (non-hydrogen) atoms. The molecule has 0 aliphatic heterocycles. The van der Waals surface area contributed by atoms with Crippen LogP contribution in [-0.4, -0.2) is 21.7 Å². The number of rotatable bonds is 3. The minimum absolute atomic E-state index is 0.00597. The SMILES string of the molecule is OCC1(Cc2ncc[nH]2)C=CC(F)=CC1. The Balaban J connectivity index is 2.14. The van der Waals surface area contributed by atoms with Gasteiger partial charge < -0.3 is 10.1 Å². The molecule has 0 aromatic carbocycles. The summed E-state index contributed by atoms with van der Waals surface area (Å²) in [6.45, 7) is -0.00597. The highest BCUT2D eigenvalue weighted by molar-refractivity contribution is 5.23. The predicted octanol–water partition coefficient (Wildman–Crippen LogP) is 1.74. The summed E-state index contributed by atoms with van der Waals surface area (Å²) in [5.74, 6) is 0.572. The number of halogens is 1. The summed E-state index contributed by atoms with van der Waals surface area (Å²) in [5, 5.41) is 9.38. The van der Waals surface area contributed by atoms with Gasteiger partial charge in [-0.3, -0.25) is 0 Å². The summed E-state index contributed by atoms with van der Waals surface area (Å²) in [5.41, 5.74) is -0.409.